The molecule has 0 bridgehead atoms. The number of fused-ring (bicyclic) bond motifs is 4. The number of hydrogen-bond acceptors (Lipinski definition) is 1. The van der Waals surface area contributed by atoms with Crippen molar-refractivity contribution in [2.45, 2.75) is 0 Å². The van der Waals surface area contributed by atoms with Crippen molar-refractivity contribution >= 4 is 21.8 Å². The number of rotatable bonds is 5. The van der Waals surface area contributed by atoms with E-state index in [2.05, 4.69) is 187 Å². The van der Waals surface area contributed by atoms with Crippen LogP contribution in [0, 0.1) is 0 Å². The highest BCUT2D eigenvalue weighted by molar-refractivity contribution is 6.23. The highest BCUT2D eigenvalue weighted by Gasteiger charge is 2.28. The molecule has 2 nitrogen and oxygen atoms in total. The van der Waals surface area contributed by atoms with E-state index in [4.69, 9.17) is 4.98 Å². The van der Waals surface area contributed by atoms with Gasteiger partial charge < -0.3 is 0 Å². The summed E-state index contributed by atoms with van der Waals surface area (Å²) in [5.74, 6) is 0.941. The number of benzene rings is 8. The third kappa shape index (κ3) is 4.31. The molecule has 0 atom stereocenters. The van der Waals surface area contributed by atoms with Gasteiger partial charge in [0.05, 0.1) is 11.0 Å². The molecule has 0 unspecified atom stereocenters. The molecule has 0 saturated heterocycles. The molecule has 0 fully saturated rings. The molecule has 1 aromatic heterocycles. The first-order valence-electron chi connectivity index (χ1n) is 16.8. The minimum Gasteiger partial charge on any atom is -0.292 e. The first kappa shape index (κ1) is 27.6. The fraction of sp³-hybridized carbons (Fsp3) is 0. The maximum atomic E-state index is 5.10. The van der Waals surface area contributed by atoms with Crippen LogP contribution in [0.4, 0.5) is 0 Å². The molecule has 1 aliphatic rings. The predicted octanol–water partition coefficient (Wildman–Crippen LogP) is 12.5. The molecular formula is C47H30N2. The summed E-state index contributed by atoms with van der Waals surface area (Å²) < 4.78 is 2.26. The Kier molecular flexibility index (Phi) is 6.22. The number of hydrogen-bond donors (Lipinski definition) is 0. The molecule has 8 aromatic carbocycles. The Hall–Kier alpha value is -6.51. The molecule has 9 aromatic rings. The van der Waals surface area contributed by atoms with Gasteiger partial charge in [0.25, 0.3) is 0 Å². The smallest absolute Gasteiger partial charge is 0.145 e. The highest BCUT2D eigenvalue weighted by atomic mass is 15.1. The monoisotopic (exact) mass is 622 g/mol. The van der Waals surface area contributed by atoms with Crippen LogP contribution in [0.1, 0.15) is 0 Å². The van der Waals surface area contributed by atoms with E-state index in [-0.39, 0.29) is 0 Å². The van der Waals surface area contributed by atoms with Crippen LogP contribution in [0.15, 0.2) is 182 Å². The topological polar surface area (TPSA) is 17.8 Å². The first-order valence-corrected chi connectivity index (χ1v) is 16.8. The second kappa shape index (κ2) is 11.0. The van der Waals surface area contributed by atoms with Gasteiger partial charge in [0.1, 0.15) is 5.82 Å². The molecule has 0 saturated carbocycles. The lowest BCUT2D eigenvalue weighted by Gasteiger charge is -2.15. The summed E-state index contributed by atoms with van der Waals surface area (Å²) in [6, 6.07) is 65.5. The van der Waals surface area contributed by atoms with Crippen LogP contribution in [-0.4, -0.2) is 9.55 Å². The number of para-hydroxylation sites is 3. The lowest BCUT2D eigenvalue weighted by atomic mass is 9.88. The lowest BCUT2D eigenvalue weighted by Crippen LogP contribution is -1.97. The van der Waals surface area contributed by atoms with E-state index in [0.717, 1.165) is 28.1 Å². The minimum atomic E-state index is 0.941. The Morgan fingerprint density at radius 2 is 0.857 bits per heavy atom. The van der Waals surface area contributed by atoms with Crippen molar-refractivity contribution in [3.63, 3.8) is 0 Å². The molecule has 0 aliphatic heterocycles. The summed E-state index contributed by atoms with van der Waals surface area (Å²) in [6.07, 6.45) is 0. The number of aromatic nitrogens is 2. The third-order valence-electron chi connectivity index (χ3n) is 9.98. The summed E-state index contributed by atoms with van der Waals surface area (Å²) in [4.78, 5) is 5.10. The van der Waals surface area contributed by atoms with E-state index in [1.807, 2.05) is 0 Å². The molecule has 0 N–H and O–H groups in total. The van der Waals surface area contributed by atoms with Crippen LogP contribution in [0.2, 0.25) is 0 Å². The van der Waals surface area contributed by atoms with Crippen LogP contribution in [0.25, 0.3) is 94.5 Å². The van der Waals surface area contributed by atoms with E-state index in [9.17, 15) is 0 Å². The fourth-order valence-corrected chi connectivity index (χ4v) is 7.81. The molecule has 1 aliphatic carbocycles. The van der Waals surface area contributed by atoms with Gasteiger partial charge in [-0.15, -0.1) is 0 Å². The molecule has 49 heavy (non-hydrogen) atoms. The van der Waals surface area contributed by atoms with Crippen molar-refractivity contribution < 1.29 is 0 Å². The Morgan fingerprint density at radius 1 is 0.347 bits per heavy atom. The zero-order chi connectivity index (χ0) is 32.3. The standard InChI is InChI=1S/C47H30N2/c1-4-13-31(14-5-1)37-28-29-38(32-15-6-2-7-16-32)46-41-30-27-36(39-19-12-20-40(44(39)41)45(37)46)33-23-25-34(26-24-33)47-48-42-21-10-11-22-43(42)49(47)35-17-8-3-9-18-35/h1-30H. The average molecular weight is 623 g/mol. The highest BCUT2D eigenvalue weighted by Crippen LogP contribution is 2.55. The molecule has 0 amide bonds. The van der Waals surface area contributed by atoms with Gasteiger partial charge in [-0.25, -0.2) is 4.98 Å². The number of nitrogens with zero attached hydrogens (tertiary/aromatic N) is 2. The largest absolute Gasteiger partial charge is 0.292 e. The van der Waals surface area contributed by atoms with Crippen LogP contribution in [0.3, 0.4) is 0 Å². The SMILES string of the molecule is c1ccc(-c2ccc(-c3ccccc3)c3c2-c2cccc4c(-c5ccc(-c6nc7ccccc7n6-c6ccccc6)cc5)ccc-3c24)cc1. The lowest BCUT2D eigenvalue weighted by molar-refractivity contribution is 1.10. The zero-order valence-corrected chi connectivity index (χ0v) is 26.7. The fourth-order valence-electron chi connectivity index (χ4n) is 7.81. The summed E-state index contributed by atoms with van der Waals surface area (Å²) in [5.41, 5.74) is 17.0. The van der Waals surface area contributed by atoms with Gasteiger partial charge in [0.2, 0.25) is 0 Å². The predicted molar refractivity (Wildman–Crippen MR) is 205 cm³/mol. The van der Waals surface area contributed by atoms with Crippen molar-refractivity contribution in [2.75, 3.05) is 0 Å². The van der Waals surface area contributed by atoms with Crippen molar-refractivity contribution in [1.29, 1.82) is 0 Å². The molecule has 2 heteroatoms. The Bertz CT molecular complexity index is 2600. The maximum absolute atomic E-state index is 5.10. The first-order chi connectivity index (χ1) is 24.3. The van der Waals surface area contributed by atoms with Gasteiger partial charge in [0.15, 0.2) is 0 Å². The Balaban J connectivity index is 1.14. The number of imidazole rings is 1. The van der Waals surface area contributed by atoms with Crippen molar-refractivity contribution in [3.8, 4) is 72.7 Å². The van der Waals surface area contributed by atoms with E-state index < -0.39 is 0 Å². The van der Waals surface area contributed by atoms with E-state index in [0.29, 0.717) is 0 Å². The quantitative estimate of drug-likeness (QED) is 0.187. The van der Waals surface area contributed by atoms with Crippen LogP contribution in [-0.2, 0) is 0 Å². The minimum absolute atomic E-state index is 0.941. The summed E-state index contributed by atoms with van der Waals surface area (Å²) in [5, 5.41) is 2.60. The third-order valence-corrected chi connectivity index (χ3v) is 9.98. The van der Waals surface area contributed by atoms with Gasteiger partial charge in [-0.05, 0) is 90.7 Å². The molecule has 10 rings (SSSR count). The molecule has 0 radical (unpaired) electrons. The van der Waals surface area contributed by atoms with Crippen molar-refractivity contribution in [2.24, 2.45) is 0 Å². The Morgan fingerprint density at radius 3 is 1.53 bits per heavy atom. The second-order valence-corrected chi connectivity index (χ2v) is 12.7. The van der Waals surface area contributed by atoms with Crippen molar-refractivity contribution in [3.05, 3.63) is 182 Å². The van der Waals surface area contributed by atoms with Gasteiger partial charge in [-0.2, -0.15) is 0 Å². The van der Waals surface area contributed by atoms with E-state index in [1.54, 1.807) is 0 Å². The van der Waals surface area contributed by atoms with E-state index >= 15 is 0 Å². The normalized spacial score (nSPS) is 11.7. The average Bonchev–Trinajstić information content (AvgIpc) is 3.74. The van der Waals surface area contributed by atoms with Gasteiger partial charge in [-0.1, -0.05) is 158 Å². The Labute approximate surface area is 285 Å². The van der Waals surface area contributed by atoms with Crippen LogP contribution >= 0.6 is 0 Å². The summed E-state index contributed by atoms with van der Waals surface area (Å²) in [7, 11) is 0. The van der Waals surface area contributed by atoms with Gasteiger partial charge in [0, 0.05) is 11.3 Å². The molecule has 228 valence electrons. The van der Waals surface area contributed by atoms with Crippen LogP contribution in [0.5, 0.6) is 0 Å². The summed E-state index contributed by atoms with van der Waals surface area (Å²) in [6.45, 7) is 0. The van der Waals surface area contributed by atoms with Gasteiger partial charge in [-0.3, -0.25) is 4.57 Å². The zero-order valence-electron chi connectivity index (χ0n) is 26.7. The van der Waals surface area contributed by atoms with Gasteiger partial charge >= 0.3 is 0 Å². The molecule has 1 heterocycles. The van der Waals surface area contributed by atoms with Crippen LogP contribution < -0.4 is 0 Å². The van der Waals surface area contributed by atoms with E-state index in [1.165, 1.54) is 66.4 Å². The molecule has 0 spiro atoms. The summed E-state index contributed by atoms with van der Waals surface area (Å²) >= 11 is 0. The molecular weight excluding hydrogens is 593 g/mol. The second-order valence-electron chi connectivity index (χ2n) is 12.7. The maximum Gasteiger partial charge on any atom is 0.145 e. The van der Waals surface area contributed by atoms with Crippen molar-refractivity contribution in [1.82, 2.24) is 9.55 Å².